The molecule has 0 fully saturated rings. The van der Waals surface area contributed by atoms with E-state index in [1.165, 1.54) is 18.6 Å². The molecule has 1 aromatic rings. The Hall–Kier alpha value is -0.660. The third-order valence-electron chi connectivity index (χ3n) is 2.99. The second-order valence-electron chi connectivity index (χ2n) is 4.68. The number of rotatable bonds is 9. The van der Waals surface area contributed by atoms with Gasteiger partial charge in [-0.3, -0.25) is 4.79 Å². The van der Waals surface area contributed by atoms with Gasteiger partial charge in [-0.2, -0.15) is 4.37 Å². The highest BCUT2D eigenvalue weighted by molar-refractivity contribution is 8.00. The molecule has 0 aliphatic carbocycles. The number of ether oxygens (including phenoxy) is 1. The number of carbonyl (C=O) groups excluding carboxylic acids is 1. The molecule has 0 aliphatic rings. The molecular weight excluding hydrogens is 294 g/mol. The molecule has 7 heteroatoms. The fourth-order valence-corrected chi connectivity index (χ4v) is 3.60. The van der Waals surface area contributed by atoms with E-state index in [9.17, 15) is 4.79 Å². The number of thioether (sulfide) groups is 1. The molecule has 0 aromatic carbocycles. The summed E-state index contributed by atoms with van der Waals surface area (Å²) in [6, 6.07) is 0. The number of esters is 1. The van der Waals surface area contributed by atoms with Crippen LogP contribution in [0, 0.1) is 0 Å². The van der Waals surface area contributed by atoms with Gasteiger partial charge in [0.25, 0.3) is 0 Å². The number of carbonyl (C=O) groups is 1. The van der Waals surface area contributed by atoms with Gasteiger partial charge >= 0.3 is 5.97 Å². The van der Waals surface area contributed by atoms with Gasteiger partial charge in [-0.1, -0.05) is 25.6 Å². The number of hydrogen-bond donors (Lipinski definition) is 1. The van der Waals surface area contributed by atoms with Gasteiger partial charge in [-0.15, -0.1) is 0 Å². The molecule has 0 radical (unpaired) electrons. The summed E-state index contributed by atoms with van der Waals surface area (Å²) in [4.78, 5) is 16.3. The topological polar surface area (TPSA) is 64.1 Å². The summed E-state index contributed by atoms with van der Waals surface area (Å²) in [5, 5.41) is 3.28. The third kappa shape index (κ3) is 5.03. The van der Waals surface area contributed by atoms with Crippen LogP contribution in [-0.4, -0.2) is 40.3 Å². The lowest BCUT2D eigenvalue weighted by Gasteiger charge is -2.27. The first kappa shape index (κ1) is 17.4. The molecule has 0 amide bonds. The van der Waals surface area contributed by atoms with Gasteiger partial charge in [-0.05, 0) is 37.8 Å². The first-order valence-corrected chi connectivity index (χ1v) is 8.60. The van der Waals surface area contributed by atoms with Gasteiger partial charge in [0, 0.05) is 12.2 Å². The average molecular weight is 317 g/mol. The Balaban J connectivity index is 2.51. The highest BCUT2D eigenvalue weighted by atomic mass is 32.2. The van der Waals surface area contributed by atoms with Crippen molar-refractivity contribution in [3.8, 4) is 0 Å². The summed E-state index contributed by atoms with van der Waals surface area (Å²) in [5.41, 5.74) is -0.629. The maximum absolute atomic E-state index is 11.9. The van der Waals surface area contributed by atoms with Crippen LogP contribution in [0.1, 0.15) is 39.4 Å². The van der Waals surface area contributed by atoms with Crippen LogP contribution in [0.2, 0.25) is 0 Å². The van der Waals surface area contributed by atoms with E-state index in [2.05, 4.69) is 21.6 Å². The molecule has 0 aliphatic heterocycles. The van der Waals surface area contributed by atoms with Crippen LogP contribution in [0.4, 0.5) is 0 Å². The van der Waals surface area contributed by atoms with Gasteiger partial charge in [0.05, 0.1) is 7.11 Å². The van der Waals surface area contributed by atoms with Crippen LogP contribution in [0.25, 0.3) is 0 Å². The van der Waals surface area contributed by atoms with Gasteiger partial charge < -0.3 is 10.1 Å². The lowest BCUT2D eigenvalue weighted by atomic mass is 9.99. The molecule has 0 spiro atoms. The normalized spacial score (nSPS) is 14.0. The lowest BCUT2D eigenvalue weighted by Crippen LogP contribution is -2.50. The van der Waals surface area contributed by atoms with Crippen molar-refractivity contribution in [3.63, 3.8) is 0 Å². The smallest absolute Gasteiger partial charge is 0.325 e. The predicted octanol–water partition coefficient (Wildman–Crippen LogP) is 2.51. The Morgan fingerprint density at radius 1 is 1.50 bits per heavy atom. The molecule has 0 bridgehead atoms. The van der Waals surface area contributed by atoms with Crippen molar-refractivity contribution in [1.82, 2.24) is 14.7 Å². The van der Waals surface area contributed by atoms with Crippen LogP contribution in [0.15, 0.2) is 4.34 Å². The van der Waals surface area contributed by atoms with E-state index >= 15 is 0 Å². The Morgan fingerprint density at radius 3 is 2.80 bits per heavy atom. The molecule has 20 heavy (non-hydrogen) atoms. The minimum atomic E-state index is -0.629. The van der Waals surface area contributed by atoms with Gasteiger partial charge in [0.15, 0.2) is 4.34 Å². The van der Waals surface area contributed by atoms with E-state index in [1.54, 1.807) is 11.8 Å². The first-order valence-electron chi connectivity index (χ1n) is 6.84. The molecule has 0 saturated carbocycles. The Bertz CT molecular complexity index is 426. The molecule has 1 atom stereocenters. The van der Waals surface area contributed by atoms with Crippen molar-refractivity contribution >= 4 is 29.3 Å². The zero-order valence-corrected chi connectivity index (χ0v) is 14.2. The Kier molecular flexibility index (Phi) is 7.47. The summed E-state index contributed by atoms with van der Waals surface area (Å²) in [6.45, 7) is 6.81. The molecule has 5 nitrogen and oxygen atoms in total. The average Bonchev–Trinajstić information content (AvgIpc) is 2.92. The van der Waals surface area contributed by atoms with E-state index in [0.29, 0.717) is 6.42 Å². The van der Waals surface area contributed by atoms with Gasteiger partial charge in [0.2, 0.25) is 0 Å². The highest BCUT2D eigenvalue weighted by Crippen LogP contribution is 2.24. The lowest BCUT2D eigenvalue weighted by molar-refractivity contribution is -0.148. The number of methoxy groups -OCH3 is 1. The zero-order chi connectivity index (χ0) is 15.0. The maximum Gasteiger partial charge on any atom is 0.325 e. The second kappa shape index (κ2) is 8.59. The number of aromatic nitrogens is 2. The largest absolute Gasteiger partial charge is 0.468 e. The van der Waals surface area contributed by atoms with Crippen molar-refractivity contribution in [3.05, 3.63) is 5.82 Å². The van der Waals surface area contributed by atoms with Crippen molar-refractivity contribution < 1.29 is 9.53 Å². The minimum Gasteiger partial charge on any atom is -0.468 e. The fourth-order valence-electron chi connectivity index (χ4n) is 1.67. The van der Waals surface area contributed by atoms with E-state index in [0.717, 1.165) is 35.3 Å². The van der Waals surface area contributed by atoms with Crippen LogP contribution >= 0.6 is 23.3 Å². The summed E-state index contributed by atoms with van der Waals surface area (Å²) < 4.78 is 10.1. The number of nitrogens with zero attached hydrogens (tertiary/aromatic N) is 2. The molecule has 1 heterocycles. The number of aryl methyl sites for hydroxylation is 1. The van der Waals surface area contributed by atoms with Crippen LogP contribution in [0.3, 0.4) is 0 Å². The van der Waals surface area contributed by atoms with E-state index < -0.39 is 5.54 Å². The van der Waals surface area contributed by atoms with Gasteiger partial charge in [-0.25, -0.2) is 4.98 Å². The summed E-state index contributed by atoms with van der Waals surface area (Å²) in [5.74, 6) is 1.48. The SMILES string of the molecule is CCCNC(C)(CCSc1nc(CC)ns1)C(=O)OC. The van der Waals surface area contributed by atoms with Crippen LogP contribution < -0.4 is 5.32 Å². The molecular formula is C13H23N3O2S2. The van der Waals surface area contributed by atoms with Crippen LogP contribution in [-0.2, 0) is 16.0 Å². The summed E-state index contributed by atoms with van der Waals surface area (Å²) in [6.07, 6.45) is 2.54. The summed E-state index contributed by atoms with van der Waals surface area (Å²) in [7, 11) is 1.43. The molecule has 114 valence electrons. The van der Waals surface area contributed by atoms with E-state index in [-0.39, 0.29) is 5.97 Å². The number of nitrogens with one attached hydrogen (secondary N) is 1. The van der Waals surface area contributed by atoms with Crippen LogP contribution in [0.5, 0.6) is 0 Å². The van der Waals surface area contributed by atoms with E-state index in [4.69, 9.17) is 4.74 Å². The van der Waals surface area contributed by atoms with Crippen molar-refractivity contribution in [2.75, 3.05) is 19.4 Å². The first-order chi connectivity index (χ1) is 9.55. The molecule has 1 N–H and O–H groups in total. The predicted molar refractivity (Wildman–Crippen MR) is 83.3 cm³/mol. The quantitative estimate of drug-likeness (QED) is 0.558. The molecule has 1 unspecified atom stereocenters. The minimum absolute atomic E-state index is 0.210. The fraction of sp³-hybridized carbons (Fsp3) is 0.769. The summed E-state index contributed by atoms with van der Waals surface area (Å²) >= 11 is 3.06. The van der Waals surface area contributed by atoms with Crippen molar-refractivity contribution in [1.29, 1.82) is 0 Å². The zero-order valence-electron chi connectivity index (χ0n) is 12.6. The number of hydrogen-bond acceptors (Lipinski definition) is 7. The van der Waals surface area contributed by atoms with Crippen molar-refractivity contribution in [2.45, 2.75) is 49.9 Å². The highest BCUT2D eigenvalue weighted by Gasteiger charge is 2.33. The standard InChI is InChI=1S/C13H23N3O2S2/c1-5-8-14-13(3,11(17)18-4)7-9-19-12-15-10(6-2)16-20-12/h14H,5-9H2,1-4H3. The van der Waals surface area contributed by atoms with E-state index in [1.807, 2.05) is 13.8 Å². The third-order valence-corrected chi connectivity index (χ3v) is 4.87. The molecule has 0 saturated heterocycles. The second-order valence-corrected chi connectivity index (χ2v) is 6.77. The molecule has 1 aromatic heterocycles. The monoisotopic (exact) mass is 317 g/mol. The Labute approximate surface area is 129 Å². The molecule has 1 rings (SSSR count). The van der Waals surface area contributed by atoms with Crippen molar-refractivity contribution in [2.24, 2.45) is 0 Å². The van der Waals surface area contributed by atoms with Gasteiger partial charge in [0.1, 0.15) is 11.4 Å². The maximum atomic E-state index is 11.9. The Morgan fingerprint density at radius 2 is 2.25 bits per heavy atom.